The SMILES string of the molecule is CCc1ccccc1N(C)c1ncc(C(F)(F)F)c(OC(C)CC)n1. The molecule has 0 aliphatic carbocycles. The van der Waals surface area contributed by atoms with Gasteiger partial charge in [0.25, 0.3) is 0 Å². The number of nitrogens with zero attached hydrogens (tertiary/aromatic N) is 3. The van der Waals surface area contributed by atoms with Gasteiger partial charge in [-0.3, -0.25) is 0 Å². The third-order valence-corrected chi connectivity index (χ3v) is 3.97. The Morgan fingerprint density at radius 1 is 1.20 bits per heavy atom. The number of rotatable bonds is 6. The van der Waals surface area contributed by atoms with Gasteiger partial charge < -0.3 is 9.64 Å². The average Bonchev–Trinajstić information content (AvgIpc) is 2.59. The van der Waals surface area contributed by atoms with E-state index < -0.39 is 17.6 Å². The first-order valence-electron chi connectivity index (χ1n) is 8.20. The Hall–Kier alpha value is -2.31. The molecule has 1 unspecified atom stereocenters. The average molecular weight is 353 g/mol. The van der Waals surface area contributed by atoms with Crippen LogP contribution in [0, 0.1) is 0 Å². The molecular weight excluding hydrogens is 331 g/mol. The Morgan fingerprint density at radius 3 is 2.48 bits per heavy atom. The molecule has 2 aromatic rings. The summed E-state index contributed by atoms with van der Waals surface area (Å²) in [5.41, 5.74) is 0.936. The Labute approximate surface area is 145 Å². The van der Waals surface area contributed by atoms with Crippen LogP contribution in [0.25, 0.3) is 0 Å². The second-order valence-corrected chi connectivity index (χ2v) is 5.76. The first kappa shape index (κ1) is 19.0. The van der Waals surface area contributed by atoms with Crippen molar-refractivity contribution in [3.05, 3.63) is 41.6 Å². The molecule has 0 amide bonds. The van der Waals surface area contributed by atoms with Crippen LogP contribution in [-0.4, -0.2) is 23.1 Å². The minimum atomic E-state index is -4.57. The van der Waals surface area contributed by atoms with Gasteiger partial charge in [-0.15, -0.1) is 0 Å². The van der Waals surface area contributed by atoms with Crippen LogP contribution in [0.3, 0.4) is 0 Å². The number of aromatic nitrogens is 2. The van der Waals surface area contributed by atoms with Crippen LogP contribution in [0.4, 0.5) is 24.8 Å². The Kier molecular flexibility index (Phi) is 5.87. The van der Waals surface area contributed by atoms with Crippen LogP contribution < -0.4 is 9.64 Å². The standard InChI is InChI=1S/C18H22F3N3O/c1-5-12(3)25-16-14(18(19,20)21)11-22-17(23-16)24(4)15-10-8-7-9-13(15)6-2/h7-12H,5-6H2,1-4H3. The molecule has 0 aliphatic heterocycles. The van der Waals surface area contributed by atoms with E-state index in [9.17, 15) is 13.2 Å². The lowest BCUT2D eigenvalue weighted by molar-refractivity contribution is -0.139. The van der Waals surface area contributed by atoms with E-state index in [0.717, 1.165) is 23.9 Å². The van der Waals surface area contributed by atoms with E-state index in [0.29, 0.717) is 6.42 Å². The largest absolute Gasteiger partial charge is 0.474 e. The molecule has 25 heavy (non-hydrogen) atoms. The predicted molar refractivity (Wildman–Crippen MR) is 91.3 cm³/mol. The molecule has 0 bridgehead atoms. The summed E-state index contributed by atoms with van der Waals surface area (Å²) in [5, 5.41) is 0. The van der Waals surface area contributed by atoms with Crippen molar-refractivity contribution < 1.29 is 17.9 Å². The van der Waals surface area contributed by atoms with Crippen molar-refractivity contribution >= 4 is 11.6 Å². The summed E-state index contributed by atoms with van der Waals surface area (Å²) in [6.07, 6.45) is -2.80. The molecule has 0 aliphatic rings. The summed E-state index contributed by atoms with van der Waals surface area (Å²) in [7, 11) is 1.73. The molecule has 1 heterocycles. The summed E-state index contributed by atoms with van der Waals surface area (Å²) in [6.45, 7) is 5.55. The number of aryl methyl sites for hydroxylation is 1. The molecule has 0 spiro atoms. The lowest BCUT2D eigenvalue weighted by Crippen LogP contribution is -2.20. The maximum atomic E-state index is 13.2. The number of ether oxygens (including phenoxy) is 1. The van der Waals surface area contributed by atoms with Crippen LogP contribution in [0.5, 0.6) is 5.88 Å². The van der Waals surface area contributed by atoms with Gasteiger partial charge in [-0.2, -0.15) is 18.2 Å². The van der Waals surface area contributed by atoms with Gasteiger partial charge in [-0.05, 0) is 31.4 Å². The van der Waals surface area contributed by atoms with Crippen molar-refractivity contribution in [1.82, 2.24) is 9.97 Å². The zero-order valence-corrected chi connectivity index (χ0v) is 14.8. The highest BCUT2D eigenvalue weighted by Gasteiger charge is 2.37. The fourth-order valence-electron chi connectivity index (χ4n) is 2.32. The first-order chi connectivity index (χ1) is 11.8. The van der Waals surface area contributed by atoms with Gasteiger partial charge in [0.15, 0.2) is 0 Å². The van der Waals surface area contributed by atoms with Crippen molar-refractivity contribution in [3.8, 4) is 5.88 Å². The highest BCUT2D eigenvalue weighted by Crippen LogP contribution is 2.36. The first-order valence-corrected chi connectivity index (χ1v) is 8.20. The number of alkyl halides is 3. The van der Waals surface area contributed by atoms with Crippen LogP contribution in [0.15, 0.2) is 30.5 Å². The zero-order chi connectivity index (χ0) is 18.6. The smallest absolute Gasteiger partial charge is 0.423 e. The van der Waals surface area contributed by atoms with E-state index in [1.54, 1.807) is 18.9 Å². The van der Waals surface area contributed by atoms with Gasteiger partial charge in [-0.25, -0.2) is 4.98 Å². The molecule has 0 N–H and O–H groups in total. The van der Waals surface area contributed by atoms with Crippen LogP contribution >= 0.6 is 0 Å². The minimum Gasteiger partial charge on any atom is -0.474 e. The number of halogens is 3. The van der Waals surface area contributed by atoms with Crippen molar-refractivity contribution in [2.45, 2.75) is 45.9 Å². The monoisotopic (exact) mass is 353 g/mol. The number of anilines is 2. The lowest BCUT2D eigenvalue weighted by atomic mass is 10.1. The van der Waals surface area contributed by atoms with Crippen molar-refractivity contribution in [1.29, 1.82) is 0 Å². The van der Waals surface area contributed by atoms with E-state index in [4.69, 9.17) is 4.74 Å². The van der Waals surface area contributed by atoms with Crippen LogP contribution in [-0.2, 0) is 12.6 Å². The lowest BCUT2D eigenvalue weighted by Gasteiger charge is -2.22. The summed E-state index contributed by atoms with van der Waals surface area (Å²) in [6, 6.07) is 7.63. The Morgan fingerprint density at radius 2 is 1.88 bits per heavy atom. The highest BCUT2D eigenvalue weighted by atomic mass is 19.4. The number of para-hydroxylation sites is 1. The second-order valence-electron chi connectivity index (χ2n) is 5.76. The van der Waals surface area contributed by atoms with Crippen LogP contribution in [0.1, 0.15) is 38.3 Å². The van der Waals surface area contributed by atoms with Gasteiger partial charge in [0, 0.05) is 18.9 Å². The Bertz CT molecular complexity index is 719. The van der Waals surface area contributed by atoms with Gasteiger partial charge in [-0.1, -0.05) is 32.0 Å². The van der Waals surface area contributed by atoms with Crippen molar-refractivity contribution in [2.24, 2.45) is 0 Å². The molecule has 0 saturated heterocycles. The molecule has 4 nitrogen and oxygen atoms in total. The normalized spacial score (nSPS) is 12.8. The summed E-state index contributed by atoms with van der Waals surface area (Å²) < 4.78 is 45.0. The fraction of sp³-hybridized carbons (Fsp3) is 0.444. The molecule has 0 radical (unpaired) electrons. The topological polar surface area (TPSA) is 38.2 Å². The molecule has 2 rings (SSSR count). The maximum absolute atomic E-state index is 13.2. The van der Waals surface area contributed by atoms with E-state index in [2.05, 4.69) is 9.97 Å². The number of hydrogen-bond acceptors (Lipinski definition) is 4. The number of benzene rings is 1. The van der Waals surface area contributed by atoms with E-state index in [1.807, 2.05) is 38.1 Å². The number of hydrogen-bond donors (Lipinski definition) is 0. The second kappa shape index (κ2) is 7.72. The van der Waals surface area contributed by atoms with E-state index in [1.165, 1.54) is 0 Å². The van der Waals surface area contributed by atoms with Gasteiger partial charge in [0.1, 0.15) is 5.56 Å². The summed E-state index contributed by atoms with van der Waals surface area (Å²) >= 11 is 0. The van der Waals surface area contributed by atoms with Gasteiger partial charge >= 0.3 is 6.18 Å². The minimum absolute atomic E-state index is 0.159. The molecule has 1 aromatic heterocycles. The van der Waals surface area contributed by atoms with Gasteiger partial charge in [0.2, 0.25) is 11.8 Å². The molecule has 1 aromatic carbocycles. The quantitative estimate of drug-likeness (QED) is 0.732. The fourth-order valence-corrected chi connectivity index (χ4v) is 2.32. The molecule has 0 saturated carbocycles. The van der Waals surface area contributed by atoms with E-state index in [-0.39, 0.29) is 12.1 Å². The third kappa shape index (κ3) is 4.41. The Balaban J connectivity index is 2.46. The third-order valence-electron chi connectivity index (χ3n) is 3.97. The summed E-state index contributed by atoms with van der Waals surface area (Å²) in [5.74, 6) is -0.278. The molecule has 7 heteroatoms. The van der Waals surface area contributed by atoms with E-state index >= 15 is 0 Å². The van der Waals surface area contributed by atoms with Crippen molar-refractivity contribution in [3.63, 3.8) is 0 Å². The zero-order valence-electron chi connectivity index (χ0n) is 14.8. The highest BCUT2D eigenvalue weighted by molar-refractivity contribution is 5.61. The molecule has 136 valence electrons. The maximum Gasteiger partial charge on any atom is 0.423 e. The molecular formula is C18H22F3N3O. The molecule has 1 atom stereocenters. The molecule has 0 fully saturated rings. The summed E-state index contributed by atoms with van der Waals surface area (Å²) in [4.78, 5) is 9.63. The van der Waals surface area contributed by atoms with Gasteiger partial charge in [0.05, 0.1) is 6.10 Å². The van der Waals surface area contributed by atoms with Crippen LogP contribution in [0.2, 0.25) is 0 Å². The van der Waals surface area contributed by atoms with Crippen molar-refractivity contribution in [2.75, 3.05) is 11.9 Å². The predicted octanol–water partition coefficient (Wildman–Crippen LogP) is 5.00.